The minimum atomic E-state index is -0.0967. The van der Waals surface area contributed by atoms with E-state index in [1.165, 1.54) is 6.92 Å². The van der Waals surface area contributed by atoms with Gasteiger partial charge in [0, 0.05) is 25.5 Å². The molecule has 1 aromatic carbocycles. The molecule has 2 aromatic rings. The molecular weight excluding hydrogens is 276 g/mol. The SMILES string of the molecule is COCCSc1nncn1-c1cccc(NC(C)=O)c1. The zero-order valence-electron chi connectivity index (χ0n) is 11.4. The highest BCUT2D eigenvalue weighted by atomic mass is 32.2. The number of benzene rings is 1. The minimum absolute atomic E-state index is 0.0967. The maximum atomic E-state index is 11.1. The molecule has 6 nitrogen and oxygen atoms in total. The minimum Gasteiger partial charge on any atom is -0.384 e. The monoisotopic (exact) mass is 292 g/mol. The maximum absolute atomic E-state index is 11.1. The van der Waals surface area contributed by atoms with Crippen LogP contribution < -0.4 is 5.32 Å². The molecule has 0 aliphatic rings. The maximum Gasteiger partial charge on any atom is 0.221 e. The second kappa shape index (κ2) is 7.06. The fourth-order valence-corrected chi connectivity index (χ4v) is 2.48. The van der Waals surface area contributed by atoms with Gasteiger partial charge >= 0.3 is 0 Å². The van der Waals surface area contributed by atoms with Gasteiger partial charge in [-0.3, -0.25) is 9.36 Å². The van der Waals surface area contributed by atoms with Gasteiger partial charge < -0.3 is 10.1 Å². The normalized spacial score (nSPS) is 10.5. The number of thioether (sulfide) groups is 1. The van der Waals surface area contributed by atoms with Crippen molar-refractivity contribution in [3.63, 3.8) is 0 Å². The van der Waals surface area contributed by atoms with Crippen LogP contribution in [0.25, 0.3) is 5.69 Å². The number of carbonyl (C=O) groups excluding carboxylic acids is 1. The number of amides is 1. The number of anilines is 1. The molecule has 0 radical (unpaired) electrons. The summed E-state index contributed by atoms with van der Waals surface area (Å²) in [5.41, 5.74) is 1.65. The molecule has 0 aliphatic carbocycles. The Kier molecular flexibility index (Phi) is 5.14. The number of carbonyl (C=O) groups is 1. The first kappa shape index (κ1) is 14.5. The molecule has 0 aliphatic heterocycles. The highest BCUT2D eigenvalue weighted by Crippen LogP contribution is 2.21. The van der Waals surface area contributed by atoms with Gasteiger partial charge in [-0.05, 0) is 18.2 Å². The van der Waals surface area contributed by atoms with Gasteiger partial charge in [-0.25, -0.2) is 0 Å². The molecule has 106 valence electrons. The van der Waals surface area contributed by atoms with Gasteiger partial charge in [0.05, 0.1) is 12.3 Å². The Labute approximate surface area is 121 Å². The highest BCUT2D eigenvalue weighted by molar-refractivity contribution is 7.99. The molecule has 1 aromatic heterocycles. The van der Waals surface area contributed by atoms with Crippen LogP contribution in [0.4, 0.5) is 5.69 Å². The number of aromatic nitrogens is 3. The summed E-state index contributed by atoms with van der Waals surface area (Å²) in [7, 11) is 1.67. The van der Waals surface area contributed by atoms with Crippen molar-refractivity contribution in [3.05, 3.63) is 30.6 Å². The molecule has 1 amide bonds. The molecule has 1 heterocycles. The van der Waals surface area contributed by atoms with Crippen molar-refractivity contribution in [3.8, 4) is 5.69 Å². The lowest BCUT2D eigenvalue weighted by molar-refractivity contribution is -0.114. The van der Waals surface area contributed by atoms with Gasteiger partial charge in [0.2, 0.25) is 5.91 Å². The Bertz CT molecular complexity index is 585. The van der Waals surface area contributed by atoms with Gasteiger partial charge in [-0.2, -0.15) is 0 Å². The number of ether oxygens (including phenoxy) is 1. The topological polar surface area (TPSA) is 69.0 Å². The van der Waals surface area contributed by atoms with E-state index in [9.17, 15) is 4.79 Å². The van der Waals surface area contributed by atoms with Crippen molar-refractivity contribution in [1.29, 1.82) is 0 Å². The van der Waals surface area contributed by atoms with E-state index in [4.69, 9.17) is 4.74 Å². The van der Waals surface area contributed by atoms with Crippen LogP contribution in [0.1, 0.15) is 6.92 Å². The number of rotatable bonds is 6. The molecule has 0 atom stereocenters. The summed E-state index contributed by atoms with van der Waals surface area (Å²) in [6, 6.07) is 7.54. The molecule has 0 unspecified atom stereocenters. The van der Waals surface area contributed by atoms with Gasteiger partial charge in [0.25, 0.3) is 0 Å². The third-order valence-corrected chi connectivity index (χ3v) is 3.39. The number of nitrogens with zero attached hydrogens (tertiary/aromatic N) is 3. The smallest absolute Gasteiger partial charge is 0.221 e. The van der Waals surface area contributed by atoms with Gasteiger partial charge in [0.15, 0.2) is 5.16 Å². The average Bonchev–Trinajstić information content (AvgIpc) is 2.87. The van der Waals surface area contributed by atoms with Gasteiger partial charge in [-0.15, -0.1) is 10.2 Å². The van der Waals surface area contributed by atoms with Crippen LogP contribution in [-0.4, -0.2) is 40.1 Å². The standard InChI is InChI=1S/C13H16N4O2S/c1-10(18)15-11-4-3-5-12(8-11)17-9-14-16-13(17)20-7-6-19-2/h3-5,8-9H,6-7H2,1-2H3,(H,15,18). The van der Waals surface area contributed by atoms with Crippen molar-refractivity contribution in [2.45, 2.75) is 12.1 Å². The summed E-state index contributed by atoms with van der Waals surface area (Å²) >= 11 is 1.57. The van der Waals surface area contributed by atoms with E-state index in [1.54, 1.807) is 25.2 Å². The first-order valence-corrected chi connectivity index (χ1v) is 7.09. The molecule has 0 spiro atoms. The summed E-state index contributed by atoms with van der Waals surface area (Å²) in [5.74, 6) is 0.709. The molecular formula is C13H16N4O2S. The lowest BCUT2D eigenvalue weighted by atomic mass is 10.2. The number of hydrogen-bond donors (Lipinski definition) is 1. The van der Waals surface area contributed by atoms with Crippen LogP contribution in [0, 0.1) is 0 Å². The second-order valence-electron chi connectivity index (χ2n) is 4.06. The fraction of sp³-hybridized carbons (Fsp3) is 0.308. The molecule has 0 saturated heterocycles. The largest absolute Gasteiger partial charge is 0.384 e. The number of methoxy groups -OCH3 is 1. The van der Waals surface area contributed by atoms with Crippen molar-refractivity contribution in [2.24, 2.45) is 0 Å². The molecule has 0 fully saturated rings. The molecule has 7 heteroatoms. The van der Waals surface area contributed by atoms with E-state index in [0.717, 1.165) is 22.3 Å². The van der Waals surface area contributed by atoms with Crippen LogP contribution in [0.5, 0.6) is 0 Å². The van der Waals surface area contributed by atoms with Crippen molar-refractivity contribution < 1.29 is 9.53 Å². The summed E-state index contributed by atoms with van der Waals surface area (Å²) in [5, 5.41) is 11.6. The fourth-order valence-electron chi connectivity index (χ4n) is 1.65. The summed E-state index contributed by atoms with van der Waals surface area (Å²) < 4.78 is 6.90. The lowest BCUT2D eigenvalue weighted by Gasteiger charge is -2.08. The number of hydrogen-bond acceptors (Lipinski definition) is 5. The Morgan fingerprint density at radius 3 is 3.10 bits per heavy atom. The van der Waals surface area contributed by atoms with E-state index in [0.29, 0.717) is 6.61 Å². The van der Waals surface area contributed by atoms with Gasteiger partial charge in [0.1, 0.15) is 6.33 Å². The van der Waals surface area contributed by atoms with Crippen LogP contribution in [0.3, 0.4) is 0 Å². The average molecular weight is 292 g/mol. The van der Waals surface area contributed by atoms with E-state index in [1.807, 2.05) is 28.8 Å². The van der Waals surface area contributed by atoms with Crippen LogP contribution in [0.2, 0.25) is 0 Å². The van der Waals surface area contributed by atoms with Crippen LogP contribution in [0.15, 0.2) is 35.7 Å². The van der Waals surface area contributed by atoms with E-state index < -0.39 is 0 Å². The summed E-state index contributed by atoms with van der Waals surface area (Å²) in [6.45, 7) is 2.14. The number of nitrogens with one attached hydrogen (secondary N) is 1. The summed E-state index contributed by atoms with van der Waals surface area (Å²) in [6.07, 6.45) is 1.65. The molecule has 20 heavy (non-hydrogen) atoms. The Hall–Kier alpha value is -1.86. The zero-order valence-corrected chi connectivity index (χ0v) is 12.2. The highest BCUT2D eigenvalue weighted by Gasteiger charge is 2.07. The Balaban J connectivity index is 2.18. The van der Waals surface area contributed by atoms with Crippen molar-refractivity contribution >= 4 is 23.4 Å². The van der Waals surface area contributed by atoms with Crippen molar-refractivity contribution in [1.82, 2.24) is 14.8 Å². The molecule has 0 saturated carbocycles. The molecule has 2 rings (SSSR count). The Morgan fingerprint density at radius 1 is 1.50 bits per heavy atom. The van der Waals surface area contributed by atoms with E-state index in [2.05, 4.69) is 15.5 Å². The third kappa shape index (κ3) is 3.82. The first-order chi connectivity index (χ1) is 9.70. The quantitative estimate of drug-likeness (QED) is 0.651. The predicted octanol–water partition coefficient (Wildman–Crippen LogP) is 1.96. The lowest BCUT2D eigenvalue weighted by Crippen LogP contribution is -2.06. The molecule has 0 bridgehead atoms. The first-order valence-electron chi connectivity index (χ1n) is 6.10. The summed E-state index contributed by atoms with van der Waals surface area (Å²) in [4.78, 5) is 11.1. The van der Waals surface area contributed by atoms with Gasteiger partial charge in [-0.1, -0.05) is 17.8 Å². The van der Waals surface area contributed by atoms with Crippen LogP contribution >= 0.6 is 11.8 Å². The van der Waals surface area contributed by atoms with E-state index in [-0.39, 0.29) is 5.91 Å². The third-order valence-electron chi connectivity index (χ3n) is 2.48. The van der Waals surface area contributed by atoms with Crippen molar-refractivity contribution in [2.75, 3.05) is 24.8 Å². The predicted molar refractivity (Wildman–Crippen MR) is 78.3 cm³/mol. The zero-order chi connectivity index (χ0) is 14.4. The molecule has 1 N–H and O–H groups in total. The van der Waals surface area contributed by atoms with Crippen LogP contribution in [-0.2, 0) is 9.53 Å². The van der Waals surface area contributed by atoms with E-state index >= 15 is 0 Å². The Morgan fingerprint density at radius 2 is 2.35 bits per heavy atom. The second-order valence-corrected chi connectivity index (χ2v) is 5.12.